The molecule has 6 heteroatoms. The molecule has 0 bridgehead atoms. The molecule has 0 aromatic carbocycles. The van der Waals surface area contributed by atoms with Crippen LogP contribution in [0, 0.1) is 0 Å². The average Bonchev–Trinajstić information content (AvgIpc) is 2.15. The number of carbonyl (C=O) groups is 1. The highest BCUT2D eigenvalue weighted by Gasteiger charge is 2.23. The third kappa shape index (κ3) is 2.18. The Hall–Kier alpha value is -1.66. The van der Waals surface area contributed by atoms with Gasteiger partial charge in [0.1, 0.15) is 6.10 Å². The van der Waals surface area contributed by atoms with Crippen molar-refractivity contribution in [3.05, 3.63) is 34.2 Å². The first-order valence-corrected chi connectivity index (χ1v) is 3.86. The summed E-state index contributed by atoms with van der Waals surface area (Å²) in [5, 5.41) is 18.5. The number of rotatable bonds is 3. The van der Waals surface area contributed by atoms with E-state index in [2.05, 4.69) is 4.98 Å². The van der Waals surface area contributed by atoms with Gasteiger partial charge < -0.3 is 20.9 Å². The molecule has 5 N–H and O–H groups in total. The van der Waals surface area contributed by atoms with Crippen molar-refractivity contribution in [2.45, 2.75) is 12.2 Å². The van der Waals surface area contributed by atoms with Gasteiger partial charge in [-0.15, -0.1) is 0 Å². The minimum absolute atomic E-state index is 0.0452. The predicted octanol–water partition coefficient (Wildman–Crippen LogP) is -1.75. The molecule has 0 spiro atoms. The Morgan fingerprint density at radius 1 is 1.50 bits per heavy atom. The van der Waals surface area contributed by atoms with E-state index in [0.717, 1.165) is 6.07 Å². The Morgan fingerprint density at radius 2 is 2.14 bits per heavy atom. The Balaban J connectivity index is 2.94. The van der Waals surface area contributed by atoms with Gasteiger partial charge in [0.2, 0.25) is 5.91 Å². The van der Waals surface area contributed by atoms with Crippen molar-refractivity contribution in [2.24, 2.45) is 5.73 Å². The van der Waals surface area contributed by atoms with Crippen molar-refractivity contribution < 1.29 is 15.0 Å². The van der Waals surface area contributed by atoms with E-state index in [1.54, 1.807) is 0 Å². The SMILES string of the molecule is NC(=O)C(O)C(O)c1cc(=O)cc[nH]1. The molecular weight excluding hydrogens is 188 g/mol. The molecule has 1 amide bonds. The van der Waals surface area contributed by atoms with Gasteiger partial charge in [-0.3, -0.25) is 9.59 Å². The lowest BCUT2D eigenvalue weighted by Crippen LogP contribution is -2.34. The normalized spacial score (nSPS) is 14.7. The largest absolute Gasteiger partial charge is 0.384 e. The summed E-state index contributed by atoms with van der Waals surface area (Å²) in [6, 6.07) is 2.32. The smallest absolute Gasteiger partial charge is 0.249 e. The number of carbonyl (C=O) groups excluding carboxylic acids is 1. The first-order chi connectivity index (χ1) is 6.52. The lowest BCUT2D eigenvalue weighted by atomic mass is 10.1. The maximum atomic E-state index is 10.9. The second-order valence-corrected chi connectivity index (χ2v) is 2.77. The Morgan fingerprint density at radius 3 is 2.64 bits per heavy atom. The summed E-state index contributed by atoms with van der Waals surface area (Å²) in [4.78, 5) is 23.9. The van der Waals surface area contributed by atoms with E-state index >= 15 is 0 Å². The topological polar surface area (TPSA) is 116 Å². The van der Waals surface area contributed by atoms with Gasteiger partial charge in [0.25, 0.3) is 0 Å². The number of aliphatic hydroxyl groups excluding tert-OH is 2. The minimum atomic E-state index is -1.73. The van der Waals surface area contributed by atoms with Crippen LogP contribution in [0.25, 0.3) is 0 Å². The molecule has 0 aliphatic heterocycles. The van der Waals surface area contributed by atoms with Crippen molar-refractivity contribution in [1.82, 2.24) is 4.98 Å². The van der Waals surface area contributed by atoms with Crippen LogP contribution < -0.4 is 11.2 Å². The molecule has 0 radical (unpaired) electrons. The summed E-state index contributed by atoms with van der Waals surface area (Å²) < 4.78 is 0. The van der Waals surface area contributed by atoms with Gasteiger partial charge >= 0.3 is 0 Å². The summed E-state index contributed by atoms with van der Waals surface area (Å²) in [5.74, 6) is -1.05. The number of nitrogens with one attached hydrogen (secondary N) is 1. The number of aromatic amines is 1. The maximum absolute atomic E-state index is 10.9. The predicted molar refractivity (Wildman–Crippen MR) is 47.2 cm³/mol. The average molecular weight is 198 g/mol. The number of hydrogen-bond donors (Lipinski definition) is 4. The van der Waals surface area contributed by atoms with Crippen LogP contribution in [-0.2, 0) is 4.79 Å². The number of aliphatic hydroxyl groups is 2. The van der Waals surface area contributed by atoms with E-state index in [0.29, 0.717) is 0 Å². The van der Waals surface area contributed by atoms with Crippen LogP contribution in [0.1, 0.15) is 11.8 Å². The van der Waals surface area contributed by atoms with Gasteiger partial charge in [-0.2, -0.15) is 0 Å². The molecule has 1 aromatic rings. The number of primary amides is 1. The van der Waals surface area contributed by atoms with E-state index in [-0.39, 0.29) is 11.1 Å². The molecule has 0 saturated heterocycles. The maximum Gasteiger partial charge on any atom is 0.249 e. The fourth-order valence-electron chi connectivity index (χ4n) is 0.960. The van der Waals surface area contributed by atoms with Crippen LogP contribution in [0.2, 0.25) is 0 Å². The Labute approximate surface area is 79.0 Å². The standard InChI is InChI=1S/C8H10N2O4/c9-8(14)7(13)6(12)5-3-4(11)1-2-10-5/h1-3,6-7,12-13H,(H2,9,14)(H,10,11). The van der Waals surface area contributed by atoms with Gasteiger partial charge in [-0.25, -0.2) is 0 Å². The monoisotopic (exact) mass is 198 g/mol. The second kappa shape index (κ2) is 4.03. The summed E-state index contributed by atoms with van der Waals surface area (Å²) in [6.45, 7) is 0. The molecular formula is C8H10N2O4. The van der Waals surface area contributed by atoms with Crippen LogP contribution in [0.4, 0.5) is 0 Å². The zero-order valence-corrected chi connectivity index (χ0v) is 7.18. The molecule has 0 aliphatic carbocycles. The zero-order chi connectivity index (χ0) is 10.7. The molecule has 1 rings (SSSR count). The molecule has 6 nitrogen and oxygen atoms in total. The van der Waals surface area contributed by atoms with Gasteiger partial charge in [-0.1, -0.05) is 0 Å². The van der Waals surface area contributed by atoms with Gasteiger partial charge in [0.15, 0.2) is 11.5 Å². The fourth-order valence-corrected chi connectivity index (χ4v) is 0.960. The summed E-state index contributed by atoms with van der Waals surface area (Å²) >= 11 is 0. The highest BCUT2D eigenvalue weighted by Crippen LogP contribution is 2.11. The van der Waals surface area contributed by atoms with Crippen LogP contribution in [0.5, 0.6) is 0 Å². The van der Waals surface area contributed by atoms with Crippen molar-refractivity contribution in [2.75, 3.05) is 0 Å². The van der Waals surface area contributed by atoms with Crippen molar-refractivity contribution in [3.63, 3.8) is 0 Å². The highest BCUT2D eigenvalue weighted by molar-refractivity contribution is 5.79. The van der Waals surface area contributed by atoms with E-state index < -0.39 is 18.1 Å². The number of hydrogen-bond acceptors (Lipinski definition) is 4. The summed E-state index contributed by atoms with van der Waals surface area (Å²) in [7, 11) is 0. The third-order valence-electron chi connectivity index (χ3n) is 1.70. The highest BCUT2D eigenvalue weighted by atomic mass is 16.3. The van der Waals surface area contributed by atoms with E-state index in [4.69, 9.17) is 10.8 Å². The van der Waals surface area contributed by atoms with Gasteiger partial charge in [0.05, 0.1) is 5.69 Å². The quantitative estimate of drug-likeness (QED) is 0.461. The minimum Gasteiger partial charge on any atom is -0.384 e. The molecule has 0 aliphatic rings. The first kappa shape index (κ1) is 10.4. The number of amides is 1. The number of nitrogens with two attached hydrogens (primary N) is 1. The Bertz CT molecular complexity index is 387. The molecule has 2 unspecified atom stereocenters. The summed E-state index contributed by atoms with van der Waals surface area (Å²) in [6.07, 6.45) is -1.94. The molecule has 76 valence electrons. The molecule has 2 atom stereocenters. The van der Waals surface area contributed by atoms with Crippen LogP contribution >= 0.6 is 0 Å². The van der Waals surface area contributed by atoms with Crippen molar-refractivity contribution >= 4 is 5.91 Å². The Kier molecular flexibility index (Phi) is 3.00. The zero-order valence-electron chi connectivity index (χ0n) is 7.18. The van der Waals surface area contributed by atoms with E-state index in [9.17, 15) is 14.7 Å². The van der Waals surface area contributed by atoms with E-state index in [1.165, 1.54) is 12.3 Å². The number of H-pyrrole nitrogens is 1. The van der Waals surface area contributed by atoms with Crippen LogP contribution in [0.15, 0.2) is 23.1 Å². The molecule has 14 heavy (non-hydrogen) atoms. The lowest BCUT2D eigenvalue weighted by Gasteiger charge is -2.14. The molecule has 0 saturated carbocycles. The van der Waals surface area contributed by atoms with Crippen LogP contribution in [0.3, 0.4) is 0 Å². The van der Waals surface area contributed by atoms with Crippen molar-refractivity contribution in [1.29, 1.82) is 0 Å². The lowest BCUT2D eigenvalue weighted by molar-refractivity contribution is -0.132. The van der Waals surface area contributed by atoms with Gasteiger partial charge in [0, 0.05) is 18.3 Å². The molecule has 1 aromatic heterocycles. The number of pyridine rings is 1. The third-order valence-corrected chi connectivity index (χ3v) is 1.70. The molecule has 1 heterocycles. The fraction of sp³-hybridized carbons (Fsp3) is 0.250. The number of aromatic nitrogens is 1. The van der Waals surface area contributed by atoms with Crippen LogP contribution in [-0.4, -0.2) is 27.2 Å². The van der Waals surface area contributed by atoms with E-state index in [1.807, 2.05) is 0 Å². The summed E-state index contributed by atoms with van der Waals surface area (Å²) in [5.41, 5.74) is 4.48. The van der Waals surface area contributed by atoms with Crippen molar-refractivity contribution in [3.8, 4) is 0 Å². The second-order valence-electron chi connectivity index (χ2n) is 2.77. The first-order valence-electron chi connectivity index (χ1n) is 3.86. The van der Waals surface area contributed by atoms with Gasteiger partial charge in [-0.05, 0) is 0 Å². The molecule has 0 fully saturated rings.